The van der Waals surface area contributed by atoms with Crippen LogP contribution in [0.4, 0.5) is 11.4 Å². The van der Waals surface area contributed by atoms with Crippen molar-refractivity contribution >= 4 is 38.9 Å². The number of rotatable bonds is 7. The molecule has 0 bridgehead atoms. The van der Waals surface area contributed by atoms with E-state index in [0.717, 1.165) is 5.56 Å². The molecule has 2 N–H and O–H groups in total. The highest BCUT2D eigenvalue weighted by molar-refractivity contribution is 7.92. The van der Waals surface area contributed by atoms with Crippen LogP contribution in [0, 0.1) is 6.92 Å². The molecule has 0 saturated heterocycles. The van der Waals surface area contributed by atoms with E-state index in [1.165, 1.54) is 29.8 Å². The molecule has 0 radical (unpaired) electrons. The molecule has 6 nitrogen and oxygen atoms in total. The number of hydrogen-bond acceptors (Lipinski definition) is 4. The molecule has 3 rings (SSSR count). The van der Waals surface area contributed by atoms with E-state index in [-0.39, 0.29) is 16.2 Å². The minimum Gasteiger partial charge on any atom is -0.481 e. The van der Waals surface area contributed by atoms with Gasteiger partial charge in [-0.25, -0.2) is 8.42 Å². The normalized spacial score (nSPS) is 12.6. The molecule has 0 aliphatic heterocycles. The van der Waals surface area contributed by atoms with E-state index < -0.39 is 16.1 Å². The van der Waals surface area contributed by atoms with Gasteiger partial charge in [0, 0.05) is 10.7 Å². The van der Waals surface area contributed by atoms with E-state index in [1.807, 2.05) is 24.3 Å². The van der Waals surface area contributed by atoms with Crippen LogP contribution in [-0.2, 0) is 20.2 Å². The lowest BCUT2D eigenvalue weighted by Crippen LogP contribution is -2.30. The predicted molar refractivity (Wildman–Crippen MR) is 137 cm³/mol. The molecular weight excluding hydrogens is 472 g/mol. The average Bonchev–Trinajstić information content (AvgIpc) is 2.76. The van der Waals surface area contributed by atoms with Gasteiger partial charge in [-0.05, 0) is 78.9 Å². The van der Waals surface area contributed by atoms with Gasteiger partial charge in [0.2, 0.25) is 0 Å². The molecule has 0 aliphatic rings. The Morgan fingerprint density at radius 3 is 2.18 bits per heavy atom. The van der Waals surface area contributed by atoms with E-state index in [1.54, 1.807) is 32.0 Å². The molecule has 0 spiro atoms. The number of anilines is 2. The first-order valence-electron chi connectivity index (χ1n) is 10.8. The van der Waals surface area contributed by atoms with Crippen molar-refractivity contribution in [1.82, 2.24) is 0 Å². The molecule has 1 atom stereocenters. The number of aryl methyl sites for hydroxylation is 1. The molecule has 3 aromatic carbocycles. The van der Waals surface area contributed by atoms with Crippen LogP contribution in [0.15, 0.2) is 71.6 Å². The van der Waals surface area contributed by atoms with Crippen molar-refractivity contribution < 1.29 is 17.9 Å². The third-order valence-electron chi connectivity index (χ3n) is 5.28. The van der Waals surface area contributed by atoms with E-state index in [0.29, 0.717) is 22.1 Å². The molecule has 0 unspecified atom stereocenters. The molecule has 0 aromatic heterocycles. The molecule has 0 aliphatic carbocycles. The van der Waals surface area contributed by atoms with E-state index in [2.05, 4.69) is 30.8 Å². The molecular formula is C26H29ClN2O4S. The fourth-order valence-electron chi connectivity index (χ4n) is 3.16. The second kappa shape index (κ2) is 10.1. The summed E-state index contributed by atoms with van der Waals surface area (Å²) in [5, 5.41) is 3.18. The molecule has 0 saturated carbocycles. The minimum atomic E-state index is -3.82. The second-order valence-corrected chi connectivity index (χ2v) is 11.2. The van der Waals surface area contributed by atoms with Gasteiger partial charge < -0.3 is 10.1 Å². The number of amides is 1. The summed E-state index contributed by atoms with van der Waals surface area (Å²) in [4.78, 5) is 12.6. The van der Waals surface area contributed by atoms with Crippen LogP contribution in [0.2, 0.25) is 5.02 Å². The minimum absolute atomic E-state index is 0.0314. The Hall–Kier alpha value is -3.03. The van der Waals surface area contributed by atoms with Crippen LogP contribution in [0.3, 0.4) is 0 Å². The Labute approximate surface area is 206 Å². The van der Waals surface area contributed by atoms with Gasteiger partial charge in [-0.1, -0.05) is 50.6 Å². The summed E-state index contributed by atoms with van der Waals surface area (Å²) in [6.07, 6.45) is -0.739. The van der Waals surface area contributed by atoms with Crippen LogP contribution in [-0.4, -0.2) is 20.4 Å². The van der Waals surface area contributed by atoms with Crippen LogP contribution in [0.25, 0.3) is 0 Å². The summed E-state index contributed by atoms with van der Waals surface area (Å²) in [7, 11) is -3.82. The van der Waals surface area contributed by atoms with Crippen LogP contribution >= 0.6 is 11.6 Å². The lowest BCUT2D eigenvalue weighted by atomic mass is 9.87. The lowest BCUT2D eigenvalue weighted by Gasteiger charge is -2.20. The van der Waals surface area contributed by atoms with Gasteiger partial charge in [-0.15, -0.1) is 0 Å². The number of nitrogens with one attached hydrogen (secondary N) is 2. The van der Waals surface area contributed by atoms with Gasteiger partial charge in [-0.2, -0.15) is 0 Å². The number of carbonyl (C=O) groups is 1. The Balaban J connectivity index is 1.63. The molecule has 1 amide bonds. The van der Waals surface area contributed by atoms with Crippen LogP contribution in [0.5, 0.6) is 5.75 Å². The highest BCUT2D eigenvalue weighted by atomic mass is 35.5. The zero-order valence-corrected chi connectivity index (χ0v) is 21.4. The monoisotopic (exact) mass is 500 g/mol. The Morgan fingerprint density at radius 1 is 0.971 bits per heavy atom. The summed E-state index contributed by atoms with van der Waals surface area (Å²) < 4.78 is 33.8. The van der Waals surface area contributed by atoms with Gasteiger partial charge in [0.1, 0.15) is 5.75 Å². The number of halogens is 1. The second-order valence-electron chi connectivity index (χ2n) is 9.11. The zero-order chi connectivity index (χ0) is 25.1. The van der Waals surface area contributed by atoms with Crippen molar-refractivity contribution in [3.63, 3.8) is 0 Å². The molecule has 0 fully saturated rings. The number of ether oxygens (including phenoxy) is 1. The highest BCUT2D eigenvalue weighted by Crippen LogP contribution is 2.26. The number of hydrogen-bond donors (Lipinski definition) is 2. The Kier molecular flexibility index (Phi) is 7.58. The maximum Gasteiger partial charge on any atom is 0.265 e. The first-order chi connectivity index (χ1) is 15.8. The van der Waals surface area contributed by atoms with E-state index in [9.17, 15) is 13.2 Å². The molecule has 180 valence electrons. The smallest absolute Gasteiger partial charge is 0.265 e. The Bertz CT molecular complexity index is 1270. The van der Waals surface area contributed by atoms with Crippen molar-refractivity contribution in [2.24, 2.45) is 0 Å². The average molecular weight is 501 g/mol. The highest BCUT2D eigenvalue weighted by Gasteiger charge is 2.19. The van der Waals surface area contributed by atoms with Crippen LogP contribution < -0.4 is 14.8 Å². The Morgan fingerprint density at radius 2 is 1.59 bits per heavy atom. The summed E-state index contributed by atoms with van der Waals surface area (Å²) in [6.45, 7) is 9.83. The van der Waals surface area contributed by atoms with Crippen LogP contribution in [0.1, 0.15) is 38.8 Å². The fraction of sp³-hybridized carbons (Fsp3) is 0.269. The molecule has 8 heteroatoms. The van der Waals surface area contributed by atoms with Gasteiger partial charge in [0.05, 0.1) is 10.6 Å². The summed E-state index contributed by atoms with van der Waals surface area (Å²) >= 11 is 5.98. The number of sulfonamides is 1. The molecule has 34 heavy (non-hydrogen) atoms. The number of carbonyl (C=O) groups excluding carboxylic acids is 1. The van der Waals surface area contributed by atoms with Crippen molar-refractivity contribution in [2.75, 3.05) is 10.0 Å². The third-order valence-corrected chi connectivity index (χ3v) is 6.90. The predicted octanol–water partition coefficient (Wildman–Crippen LogP) is 6.15. The largest absolute Gasteiger partial charge is 0.481 e. The maximum absolute atomic E-state index is 12.7. The van der Waals surface area contributed by atoms with E-state index in [4.69, 9.17) is 16.3 Å². The van der Waals surface area contributed by atoms with Gasteiger partial charge in [-0.3, -0.25) is 9.52 Å². The third kappa shape index (κ3) is 6.52. The zero-order valence-electron chi connectivity index (χ0n) is 19.8. The van der Waals surface area contributed by atoms with Crippen molar-refractivity contribution in [1.29, 1.82) is 0 Å². The van der Waals surface area contributed by atoms with Gasteiger partial charge in [0.15, 0.2) is 6.10 Å². The molecule has 0 heterocycles. The quantitative estimate of drug-likeness (QED) is 0.407. The summed E-state index contributed by atoms with van der Waals surface area (Å²) in [5.74, 6) is 0.252. The first kappa shape index (κ1) is 25.6. The summed E-state index contributed by atoms with van der Waals surface area (Å²) in [5.41, 5.74) is 2.82. The van der Waals surface area contributed by atoms with Gasteiger partial charge >= 0.3 is 0 Å². The maximum atomic E-state index is 12.7. The summed E-state index contributed by atoms with van der Waals surface area (Å²) in [6, 6.07) is 18.6. The molecule has 3 aromatic rings. The first-order valence-corrected chi connectivity index (χ1v) is 12.7. The van der Waals surface area contributed by atoms with Crippen molar-refractivity contribution in [2.45, 2.75) is 51.0 Å². The van der Waals surface area contributed by atoms with E-state index >= 15 is 0 Å². The number of benzene rings is 3. The standard InChI is InChI=1S/C26H29ClN2O4S/c1-17-6-9-20(27)16-24(17)29-34(31,32)23-14-10-21(11-15-23)28-25(30)18(2)33-22-12-7-19(8-13-22)26(3,4)5/h6-16,18,29H,1-5H3,(H,28,30)/t18-/m0/s1. The van der Waals surface area contributed by atoms with Crippen molar-refractivity contribution in [3.05, 3.63) is 82.9 Å². The van der Waals surface area contributed by atoms with Crippen molar-refractivity contribution in [3.8, 4) is 5.75 Å². The SMILES string of the molecule is Cc1ccc(Cl)cc1NS(=O)(=O)c1ccc(NC(=O)[C@H](C)Oc2ccc(C(C)(C)C)cc2)cc1. The van der Waals surface area contributed by atoms with Gasteiger partial charge in [0.25, 0.3) is 15.9 Å². The fourth-order valence-corrected chi connectivity index (χ4v) is 4.45. The lowest BCUT2D eigenvalue weighted by molar-refractivity contribution is -0.122. The topological polar surface area (TPSA) is 84.5 Å².